The molecule has 2 amide bonds. The van der Waals surface area contributed by atoms with Gasteiger partial charge in [-0.15, -0.1) is 0 Å². The standard InChI is InChI=1S/C41H30N2O5/c1-25-17-21-27(22-18-25)33-34(28-23-19-26(2)20-24-28)41(30-13-7-4-8-14-30)36-35(40(33,39(41)46)29-11-5-3-6-12-29)37(44)42(38(36)45)31-15-9-10-16-32(31)43(47)48/h3-24,35-36H,1-2H3/t35-,36-,40+,41+/m0/s1. The van der Waals surface area contributed by atoms with E-state index < -0.39 is 39.4 Å². The van der Waals surface area contributed by atoms with Crippen LogP contribution < -0.4 is 4.90 Å². The highest BCUT2D eigenvalue weighted by Crippen LogP contribution is 2.74. The van der Waals surface area contributed by atoms with Crippen molar-refractivity contribution < 1.29 is 19.3 Å². The molecule has 2 bridgehead atoms. The number of allylic oxidation sites excluding steroid dienone is 2. The van der Waals surface area contributed by atoms with E-state index in [4.69, 9.17) is 0 Å². The van der Waals surface area contributed by atoms with Crippen molar-refractivity contribution in [1.82, 2.24) is 0 Å². The number of amides is 2. The molecule has 0 aromatic heterocycles. The summed E-state index contributed by atoms with van der Waals surface area (Å²) >= 11 is 0. The first-order valence-corrected chi connectivity index (χ1v) is 15.9. The molecule has 1 saturated carbocycles. The Morgan fingerprint density at radius 1 is 0.562 bits per heavy atom. The number of aryl methyl sites for hydroxylation is 2. The van der Waals surface area contributed by atoms with Gasteiger partial charge < -0.3 is 0 Å². The number of anilines is 1. The molecular weight excluding hydrogens is 600 g/mol. The predicted molar refractivity (Wildman–Crippen MR) is 183 cm³/mol. The summed E-state index contributed by atoms with van der Waals surface area (Å²) in [5, 5.41) is 12.2. The van der Waals surface area contributed by atoms with E-state index in [-0.39, 0.29) is 17.2 Å². The molecule has 7 nitrogen and oxygen atoms in total. The van der Waals surface area contributed by atoms with Crippen LogP contribution in [-0.2, 0) is 25.2 Å². The summed E-state index contributed by atoms with van der Waals surface area (Å²) in [6.45, 7) is 3.98. The molecule has 0 spiro atoms. The maximum atomic E-state index is 16.0. The molecule has 8 rings (SSSR count). The van der Waals surface area contributed by atoms with E-state index in [1.807, 2.05) is 123 Å². The van der Waals surface area contributed by atoms with E-state index in [0.717, 1.165) is 27.2 Å². The second-order valence-corrected chi connectivity index (χ2v) is 12.9. The number of para-hydroxylation sites is 2. The largest absolute Gasteiger partial charge is 0.297 e. The molecule has 1 aliphatic heterocycles. The summed E-state index contributed by atoms with van der Waals surface area (Å²) < 4.78 is 0. The molecule has 3 aliphatic rings. The lowest BCUT2D eigenvalue weighted by atomic mass is 9.59. The fourth-order valence-corrected chi connectivity index (χ4v) is 8.61. The van der Waals surface area contributed by atoms with Gasteiger partial charge in [0.15, 0.2) is 5.78 Å². The number of carbonyl (C=O) groups is 3. The first-order valence-electron chi connectivity index (χ1n) is 15.9. The van der Waals surface area contributed by atoms with Crippen molar-refractivity contribution in [2.75, 3.05) is 4.90 Å². The second kappa shape index (κ2) is 10.5. The van der Waals surface area contributed by atoms with Crippen LogP contribution in [0.5, 0.6) is 0 Å². The first-order chi connectivity index (χ1) is 23.2. The minimum atomic E-state index is -1.58. The average Bonchev–Trinajstić information content (AvgIpc) is 3.61. The Balaban J connectivity index is 1.56. The summed E-state index contributed by atoms with van der Waals surface area (Å²) in [6.07, 6.45) is 0. The molecule has 1 heterocycles. The van der Waals surface area contributed by atoms with Gasteiger partial charge in [0.25, 0.3) is 5.69 Å². The maximum Gasteiger partial charge on any atom is 0.293 e. The molecule has 234 valence electrons. The van der Waals surface area contributed by atoms with Gasteiger partial charge in [-0.3, -0.25) is 24.5 Å². The van der Waals surface area contributed by atoms with Crippen molar-refractivity contribution in [2.24, 2.45) is 11.8 Å². The van der Waals surface area contributed by atoms with E-state index in [9.17, 15) is 10.1 Å². The van der Waals surface area contributed by atoms with Crippen LogP contribution in [0.15, 0.2) is 133 Å². The molecule has 4 atom stereocenters. The quantitative estimate of drug-likeness (QED) is 0.111. The Hall–Kier alpha value is -5.95. The highest BCUT2D eigenvalue weighted by Gasteiger charge is 2.83. The third-order valence-corrected chi connectivity index (χ3v) is 10.5. The topological polar surface area (TPSA) is 97.6 Å². The van der Waals surface area contributed by atoms with Crippen LogP contribution in [0.1, 0.15) is 33.4 Å². The number of nitrogens with zero attached hydrogens (tertiary/aromatic N) is 2. The lowest BCUT2D eigenvalue weighted by molar-refractivity contribution is -0.384. The molecule has 1 saturated heterocycles. The molecule has 7 heteroatoms. The number of imide groups is 1. The number of benzene rings is 5. The van der Waals surface area contributed by atoms with Gasteiger partial charge in [0.1, 0.15) is 5.69 Å². The fourth-order valence-electron chi connectivity index (χ4n) is 8.61. The van der Waals surface area contributed by atoms with Crippen molar-refractivity contribution in [3.63, 3.8) is 0 Å². The van der Waals surface area contributed by atoms with Crippen LogP contribution in [-0.4, -0.2) is 22.5 Å². The van der Waals surface area contributed by atoms with Gasteiger partial charge in [0.2, 0.25) is 11.8 Å². The summed E-state index contributed by atoms with van der Waals surface area (Å²) in [6, 6.07) is 40.1. The van der Waals surface area contributed by atoms with E-state index in [1.165, 1.54) is 18.2 Å². The van der Waals surface area contributed by atoms with Crippen molar-refractivity contribution >= 4 is 40.1 Å². The van der Waals surface area contributed by atoms with Gasteiger partial charge >= 0.3 is 0 Å². The number of Topliss-reactive ketones (excluding diaryl/α,β-unsaturated/α-hetero) is 1. The Labute approximate surface area is 277 Å². The zero-order chi connectivity index (χ0) is 33.4. The molecule has 0 unspecified atom stereocenters. The van der Waals surface area contributed by atoms with Crippen LogP contribution >= 0.6 is 0 Å². The second-order valence-electron chi connectivity index (χ2n) is 12.9. The zero-order valence-electron chi connectivity index (χ0n) is 26.3. The zero-order valence-corrected chi connectivity index (χ0v) is 26.3. The number of nitro groups is 1. The molecular formula is C41H30N2O5. The average molecular weight is 631 g/mol. The minimum Gasteiger partial charge on any atom is -0.297 e. The van der Waals surface area contributed by atoms with E-state index >= 15 is 14.4 Å². The smallest absolute Gasteiger partial charge is 0.293 e. The predicted octanol–water partition coefficient (Wildman–Crippen LogP) is 7.40. The van der Waals surface area contributed by atoms with Gasteiger partial charge in [-0.05, 0) is 53.3 Å². The third kappa shape index (κ3) is 3.67. The fraction of sp³-hybridized carbons (Fsp3) is 0.146. The highest BCUT2D eigenvalue weighted by atomic mass is 16.6. The number of nitro benzene ring substituents is 1. The van der Waals surface area contributed by atoms with Crippen LogP contribution in [0.3, 0.4) is 0 Å². The van der Waals surface area contributed by atoms with Gasteiger partial charge in [0.05, 0.1) is 27.6 Å². The van der Waals surface area contributed by atoms with Crippen molar-refractivity contribution in [2.45, 2.75) is 24.7 Å². The van der Waals surface area contributed by atoms with Crippen molar-refractivity contribution in [3.05, 3.63) is 177 Å². The number of rotatable bonds is 6. The van der Waals surface area contributed by atoms with Gasteiger partial charge in [-0.25, -0.2) is 4.90 Å². The Morgan fingerprint density at radius 2 is 0.958 bits per heavy atom. The highest BCUT2D eigenvalue weighted by molar-refractivity contribution is 6.39. The number of carbonyl (C=O) groups excluding carboxylic acids is 3. The first kappa shape index (κ1) is 29.5. The van der Waals surface area contributed by atoms with Gasteiger partial charge in [-0.1, -0.05) is 132 Å². The van der Waals surface area contributed by atoms with Gasteiger partial charge in [-0.2, -0.15) is 0 Å². The van der Waals surface area contributed by atoms with Crippen LogP contribution in [0.4, 0.5) is 11.4 Å². The Bertz CT molecular complexity index is 2060. The van der Waals surface area contributed by atoms with Gasteiger partial charge in [0, 0.05) is 6.07 Å². The van der Waals surface area contributed by atoms with E-state index in [2.05, 4.69) is 0 Å². The molecule has 2 aliphatic carbocycles. The minimum absolute atomic E-state index is 0.0982. The number of ketones is 1. The van der Waals surface area contributed by atoms with Crippen LogP contribution in [0, 0.1) is 35.8 Å². The Kier molecular flexibility index (Phi) is 6.47. The summed E-state index contributed by atoms with van der Waals surface area (Å²) in [7, 11) is 0. The monoisotopic (exact) mass is 630 g/mol. The number of hydrogen-bond acceptors (Lipinski definition) is 5. The van der Waals surface area contributed by atoms with E-state index in [0.29, 0.717) is 22.3 Å². The lowest BCUT2D eigenvalue weighted by Gasteiger charge is -2.39. The summed E-state index contributed by atoms with van der Waals surface area (Å²) in [4.78, 5) is 58.7. The van der Waals surface area contributed by atoms with Crippen LogP contribution in [0.2, 0.25) is 0 Å². The van der Waals surface area contributed by atoms with Crippen molar-refractivity contribution in [3.8, 4) is 0 Å². The lowest BCUT2D eigenvalue weighted by Crippen LogP contribution is -2.45. The number of hydrogen-bond donors (Lipinski definition) is 0. The molecule has 0 N–H and O–H groups in total. The van der Waals surface area contributed by atoms with Crippen molar-refractivity contribution in [1.29, 1.82) is 0 Å². The van der Waals surface area contributed by atoms with E-state index in [1.54, 1.807) is 6.07 Å². The molecule has 0 radical (unpaired) electrons. The molecule has 2 fully saturated rings. The normalized spacial score (nSPS) is 24.4. The number of fused-ring (bicyclic) bond motifs is 5. The SMILES string of the molecule is Cc1ccc(C2=C(c3ccc(C)cc3)[C@@]3(c4ccccc4)C(=O)[C@@]2(c2ccccc2)[C@@H]2C(=O)N(c4ccccc4[N+](=O)[O-])C(=O)[C@H]23)cc1. The summed E-state index contributed by atoms with van der Waals surface area (Å²) in [5.41, 5.74) is 2.56. The third-order valence-electron chi connectivity index (χ3n) is 10.5. The maximum absolute atomic E-state index is 16.0. The molecule has 48 heavy (non-hydrogen) atoms. The van der Waals surface area contributed by atoms with Crippen LogP contribution in [0.25, 0.3) is 11.1 Å². The summed E-state index contributed by atoms with van der Waals surface area (Å²) in [5.74, 6) is -3.81. The molecule has 5 aromatic rings. The Morgan fingerprint density at radius 3 is 1.38 bits per heavy atom. The molecule has 5 aromatic carbocycles.